The number of hydrogen-bond donors (Lipinski definition) is 1. The van der Waals surface area contributed by atoms with Gasteiger partial charge in [-0.3, -0.25) is 0 Å². The molecule has 1 saturated carbocycles. The molecule has 1 aliphatic carbocycles. The second-order valence-corrected chi connectivity index (χ2v) is 8.44. The summed E-state index contributed by atoms with van der Waals surface area (Å²) in [4.78, 5) is 13.5. The second kappa shape index (κ2) is 8.93. The molecule has 1 N–H and O–H groups in total. The minimum absolute atomic E-state index is 0.270. The highest BCUT2D eigenvalue weighted by atomic mass is 35.5. The molecule has 28 heavy (non-hydrogen) atoms. The molecule has 154 valence electrons. The van der Waals surface area contributed by atoms with Gasteiger partial charge in [0.1, 0.15) is 0 Å². The zero-order chi connectivity index (χ0) is 19.5. The van der Waals surface area contributed by atoms with Crippen LogP contribution in [-0.4, -0.2) is 50.8 Å². The maximum atomic E-state index is 6.26. The first-order valence-electron chi connectivity index (χ1n) is 10.6. The third kappa shape index (κ3) is 4.11. The monoisotopic (exact) mass is 406 g/mol. The molecule has 7 nitrogen and oxygen atoms in total. The molecule has 4 rings (SSSR count). The van der Waals surface area contributed by atoms with Gasteiger partial charge in [0.2, 0.25) is 5.28 Å². The highest BCUT2D eigenvalue weighted by molar-refractivity contribution is 6.28. The Kier molecular flexibility index (Phi) is 6.33. The van der Waals surface area contributed by atoms with Crippen molar-refractivity contribution in [2.75, 3.05) is 25.6 Å². The minimum Gasteiger partial charge on any atom is -0.381 e. The molecule has 0 amide bonds. The van der Waals surface area contributed by atoms with Gasteiger partial charge in [-0.15, -0.1) is 0 Å². The van der Waals surface area contributed by atoms with Gasteiger partial charge in [-0.25, -0.2) is 9.99 Å². The molecule has 0 radical (unpaired) electrons. The molecule has 1 saturated heterocycles. The van der Waals surface area contributed by atoms with E-state index < -0.39 is 0 Å². The summed E-state index contributed by atoms with van der Waals surface area (Å²) in [6, 6.07) is 0.476. The van der Waals surface area contributed by atoms with Gasteiger partial charge in [0.25, 0.3) is 0 Å². The minimum atomic E-state index is 0.270. The maximum absolute atomic E-state index is 6.26. The predicted molar refractivity (Wildman–Crippen MR) is 111 cm³/mol. The first kappa shape index (κ1) is 19.9. The number of hydrogen-bond acceptors (Lipinski definition) is 6. The Hall–Kier alpha value is -1.44. The van der Waals surface area contributed by atoms with Gasteiger partial charge in [0.15, 0.2) is 17.0 Å². The summed E-state index contributed by atoms with van der Waals surface area (Å²) in [7, 11) is 1.84. The van der Waals surface area contributed by atoms with Crippen LogP contribution in [-0.2, 0) is 4.74 Å². The van der Waals surface area contributed by atoms with E-state index in [1.54, 1.807) is 0 Å². The van der Waals surface area contributed by atoms with E-state index in [4.69, 9.17) is 16.3 Å². The van der Waals surface area contributed by atoms with Crippen molar-refractivity contribution < 1.29 is 4.74 Å². The fraction of sp³-hybridized carbons (Fsp3) is 0.750. The summed E-state index contributed by atoms with van der Waals surface area (Å²) in [6.07, 6.45) is 11.7. The quantitative estimate of drug-likeness (QED) is 0.685. The van der Waals surface area contributed by atoms with Crippen molar-refractivity contribution in [3.63, 3.8) is 0 Å². The summed E-state index contributed by atoms with van der Waals surface area (Å²) in [5.74, 6) is 1.33. The van der Waals surface area contributed by atoms with Crippen molar-refractivity contribution in [2.24, 2.45) is 5.92 Å². The van der Waals surface area contributed by atoms with Crippen molar-refractivity contribution in [1.82, 2.24) is 24.5 Å². The lowest BCUT2D eigenvalue weighted by Gasteiger charge is -2.35. The van der Waals surface area contributed by atoms with Crippen LogP contribution >= 0.6 is 11.6 Å². The molecule has 1 aliphatic heterocycles. The van der Waals surface area contributed by atoms with Gasteiger partial charge in [0.05, 0.1) is 12.4 Å². The standard InChI is InChI=1S/C20H31ClN6O/c1-3-6-16(28-2)14-9-11-26(12-10-14)25-18-17-19(24-20(21)23-18)27(13-22-17)15-7-4-5-8-15/h13-16H,3-12H2,1-2H3,(H,23,24,25). The van der Waals surface area contributed by atoms with Gasteiger partial charge in [-0.2, -0.15) is 9.97 Å². The van der Waals surface area contributed by atoms with Gasteiger partial charge >= 0.3 is 0 Å². The highest BCUT2D eigenvalue weighted by Crippen LogP contribution is 2.33. The first-order valence-corrected chi connectivity index (χ1v) is 11.0. The van der Waals surface area contributed by atoms with Crippen LogP contribution in [0.2, 0.25) is 5.28 Å². The zero-order valence-corrected chi connectivity index (χ0v) is 17.7. The summed E-state index contributed by atoms with van der Waals surface area (Å²) in [5.41, 5.74) is 5.10. The number of halogens is 1. The fourth-order valence-electron chi connectivity index (χ4n) is 4.78. The van der Waals surface area contributed by atoms with E-state index >= 15 is 0 Å². The van der Waals surface area contributed by atoms with Gasteiger partial charge in [0, 0.05) is 26.2 Å². The lowest BCUT2D eigenvalue weighted by molar-refractivity contribution is 0.0193. The second-order valence-electron chi connectivity index (χ2n) is 8.10. The Labute approximate surface area is 171 Å². The Morgan fingerprint density at radius 1 is 1.21 bits per heavy atom. The van der Waals surface area contributed by atoms with Crippen molar-refractivity contribution in [2.45, 2.75) is 70.4 Å². The fourth-order valence-corrected chi connectivity index (χ4v) is 4.95. The topological polar surface area (TPSA) is 68.1 Å². The van der Waals surface area contributed by atoms with E-state index in [1.807, 2.05) is 13.4 Å². The summed E-state index contributed by atoms with van der Waals surface area (Å²) >= 11 is 6.26. The van der Waals surface area contributed by atoms with Crippen molar-refractivity contribution in [3.8, 4) is 0 Å². The van der Waals surface area contributed by atoms with E-state index in [0.717, 1.165) is 49.9 Å². The van der Waals surface area contributed by atoms with E-state index in [2.05, 4.69) is 36.9 Å². The van der Waals surface area contributed by atoms with E-state index in [-0.39, 0.29) is 5.28 Å². The third-order valence-electron chi connectivity index (χ3n) is 6.32. The van der Waals surface area contributed by atoms with Crippen LogP contribution in [0.3, 0.4) is 0 Å². The van der Waals surface area contributed by atoms with Crippen LogP contribution in [0, 0.1) is 5.92 Å². The highest BCUT2D eigenvalue weighted by Gasteiger charge is 2.27. The lowest BCUT2D eigenvalue weighted by Crippen LogP contribution is -2.41. The molecule has 2 aromatic heterocycles. The molecule has 0 aromatic carbocycles. The third-order valence-corrected chi connectivity index (χ3v) is 6.49. The molecule has 0 spiro atoms. The molecule has 2 fully saturated rings. The van der Waals surface area contributed by atoms with Crippen molar-refractivity contribution in [1.29, 1.82) is 0 Å². The number of methoxy groups -OCH3 is 1. The van der Waals surface area contributed by atoms with E-state index in [1.165, 1.54) is 25.7 Å². The number of imidazole rings is 1. The SMILES string of the molecule is CCCC(OC)C1CCN(Nc2nc(Cl)nc3c2ncn3C2CCCC2)CC1. The van der Waals surface area contributed by atoms with Crippen LogP contribution < -0.4 is 5.43 Å². The molecular formula is C20H31ClN6O. The maximum Gasteiger partial charge on any atom is 0.226 e. The summed E-state index contributed by atoms with van der Waals surface area (Å²) in [6.45, 7) is 4.14. The molecule has 8 heteroatoms. The van der Waals surface area contributed by atoms with Crippen LogP contribution in [0.4, 0.5) is 5.82 Å². The van der Waals surface area contributed by atoms with Gasteiger partial charge in [-0.1, -0.05) is 26.2 Å². The van der Waals surface area contributed by atoms with Crippen LogP contribution in [0.15, 0.2) is 6.33 Å². The Morgan fingerprint density at radius 3 is 2.64 bits per heavy atom. The first-order chi connectivity index (χ1) is 13.7. The number of nitrogens with zero attached hydrogens (tertiary/aromatic N) is 5. The Morgan fingerprint density at radius 2 is 1.96 bits per heavy atom. The average Bonchev–Trinajstić information content (AvgIpc) is 3.36. The van der Waals surface area contributed by atoms with Crippen molar-refractivity contribution >= 4 is 28.6 Å². The lowest BCUT2D eigenvalue weighted by atomic mass is 9.89. The molecule has 3 heterocycles. The molecule has 1 atom stereocenters. The molecule has 2 aliphatic rings. The predicted octanol–water partition coefficient (Wildman–Crippen LogP) is 4.45. The smallest absolute Gasteiger partial charge is 0.226 e. The molecule has 0 bridgehead atoms. The Balaban J connectivity index is 1.47. The largest absolute Gasteiger partial charge is 0.381 e. The number of anilines is 1. The van der Waals surface area contributed by atoms with E-state index in [9.17, 15) is 0 Å². The molecular weight excluding hydrogens is 376 g/mol. The summed E-state index contributed by atoms with van der Waals surface area (Å²) < 4.78 is 7.90. The van der Waals surface area contributed by atoms with Crippen LogP contribution in [0.5, 0.6) is 0 Å². The van der Waals surface area contributed by atoms with Crippen molar-refractivity contribution in [3.05, 3.63) is 11.6 Å². The Bertz CT molecular complexity index is 782. The molecule has 1 unspecified atom stereocenters. The summed E-state index contributed by atoms with van der Waals surface area (Å²) in [5, 5.41) is 2.49. The normalized spacial score (nSPS) is 20.8. The van der Waals surface area contributed by atoms with E-state index in [0.29, 0.717) is 23.9 Å². The number of ether oxygens (including phenoxy) is 1. The number of hydrazine groups is 1. The number of nitrogens with one attached hydrogen (secondary N) is 1. The number of aromatic nitrogens is 4. The average molecular weight is 407 g/mol. The molecule has 2 aromatic rings. The van der Waals surface area contributed by atoms with Gasteiger partial charge in [-0.05, 0) is 49.6 Å². The zero-order valence-electron chi connectivity index (χ0n) is 16.9. The number of piperidine rings is 1. The number of fused-ring (bicyclic) bond motifs is 1. The van der Waals surface area contributed by atoms with Crippen LogP contribution in [0.25, 0.3) is 11.2 Å². The van der Waals surface area contributed by atoms with Crippen LogP contribution in [0.1, 0.15) is 64.3 Å². The van der Waals surface area contributed by atoms with Gasteiger partial charge < -0.3 is 14.7 Å². The number of rotatable bonds is 7.